The SMILES string of the molecule is CN(C)CCOc1ccc(/C=C/C(=O)NO)c(Oc2cccc(Cl)c2)c1. The molecule has 0 spiro atoms. The van der Waals surface area contributed by atoms with Gasteiger partial charge in [-0.05, 0) is 50.5 Å². The van der Waals surface area contributed by atoms with E-state index in [-0.39, 0.29) is 0 Å². The molecule has 0 radical (unpaired) electrons. The smallest absolute Gasteiger partial charge is 0.267 e. The van der Waals surface area contributed by atoms with Crippen molar-refractivity contribution in [1.82, 2.24) is 10.4 Å². The Morgan fingerprint density at radius 2 is 2.04 bits per heavy atom. The van der Waals surface area contributed by atoms with E-state index in [1.807, 2.05) is 19.0 Å². The molecule has 1 amide bonds. The van der Waals surface area contributed by atoms with Crippen LogP contribution in [0.3, 0.4) is 0 Å². The third kappa shape index (κ3) is 6.40. The predicted octanol–water partition coefficient (Wildman–Crippen LogP) is 3.59. The summed E-state index contributed by atoms with van der Waals surface area (Å²) in [5, 5.41) is 9.17. The summed E-state index contributed by atoms with van der Waals surface area (Å²) in [6.07, 6.45) is 2.74. The molecule has 2 aromatic carbocycles. The van der Waals surface area contributed by atoms with Crippen molar-refractivity contribution in [3.05, 3.63) is 59.1 Å². The molecule has 0 saturated carbocycles. The first-order valence-corrected chi connectivity index (χ1v) is 8.33. The van der Waals surface area contributed by atoms with Crippen molar-refractivity contribution >= 4 is 23.6 Å². The van der Waals surface area contributed by atoms with Gasteiger partial charge < -0.3 is 14.4 Å². The summed E-state index contributed by atoms with van der Waals surface area (Å²) < 4.78 is 11.6. The first kappa shape index (κ1) is 19.8. The lowest BCUT2D eigenvalue weighted by molar-refractivity contribution is -0.124. The van der Waals surface area contributed by atoms with Crippen LogP contribution in [0.15, 0.2) is 48.5 Å². The Balaban J connectivity index is 2.25. The monoisotopic (exact) mass is 376 g/mol. The molecule has 0 aliphatic heterocycles. The lowest BCUT2D eigenvalue weighted by Gasteiger charge is -2.14. The maximum Gasteiger partial charge on any atom is 0.267 e. The molecular weight excluding hydrogens is 356 g/mol. The Bertz CT molecular complexity index is 778. The van der Waals surface area contributed by atoms with Crippen LogP contribution in [0.25, 0.3) is 6.08 Å². The minimum atomic E-state index is -0.634. The molecule has 0 aliphatic rings. The van der Waals surface area contributed by atoms with Gasteiger partial charge in [-0.15, -0.1) is 0 Å². The number of rotatable bonds is 8. The summed E-state index contributed by atoms with van der Waals surface area (Å²) in [7, 11) is 3.94. The van der Waals surface area contributed by atoms with Crippen LogP contribution in [0.4, 0.5) is 0 Å². The minimum Gasteiger partial charge on any atom is -0.492 e. The lowest BCUT2D eigenvalue weighted by atomic mass is 10.1. The molecular formula is C19H21ClN2O4. The highest BCUT2D eigenvalue weighted by Gasteiger charge is 2.07. The highest BCUT2D eigenvalue weighted by molar-refractivity contribution is 6.30. The van der Waals surface area contributed by atoms with E-state index >= 15 is 0 Å². The molecule has 0 saturated heterocycles. The van der Waals surface area contributed by atoms with Crippen molar-refractivity contribution in [3.8, 4) is 17.2 Å². The van der Waals surface area contributed by atoms with Gasteiger partial charge in [-0.1, -0.05) is 17.7 Å². The second-order valence-corrected chi connectivity index (χ2v) is 6.16. The first-order valence-electron chi connectivity index (χ1n) is 7.95. The van der Waals surface area contributed by atoms with E-state index in [0.29, 0.717) is 34.4 Å². The Morgan fingerprint density at radius 3 is 2.73 bits per heavy atom. The van der Waals surface area contributed by atoms with Crippen molar-refractivity contribution < 1.29 is 19.5 Å². The summed E-state index contributed by atoms with van der Waals surface area (Å²) in [6.45, 7) is 1.31. The van der Waals surface area contributed by atoms with Crippen molar-refractivity contribution in [1.29, 1.82) is 0 Å². The lowest BCUT2D eigenvalue weighted by Crippen LogP contribution is -2.19. The number of likely N-dealkylation sites (N-methyl/N-ethyl adjacent to an activating group) is 1. The number of halogens is 1. The second-order valence-electron chi connectivity index (χ2n) is 5.72. The topological polar surface area (TPSA) is 71.0 Å². The Hall–Kier alpha value is -2.54. The highest BCUT2D eigenvalue weighted by atomic mass is 35.5. The van der Waals surface area contributed by atoms with Crippen molar-refractivity contribution in [3.63, 3.8) is 0 Å². The van der Waals surface area contributed by atoms with Crippen LogP contribution in [-0.2, 0) is 4.79 Å². The van der Waals surface area contributed by atoms with Gasteiger partial charge in [-0.3, -0.25) is 10.0 Å². The molecule has 0 atom stereocenters. The van der Waals surface area contributed by atoms with E-state index in [1.54, 1.807) is 47.9 Å². The van der Waals surface area contributed by atoms with E-state index in [9.17, 15) is 4.79 Å². The van der Waals surface area contributed by atoms with E-state index in [1.165, 1.54) is 12.2 Å². The number of ether oxygens (including phenoxy) is 2. The van der Waals surface area contributed by atoms with Crippen LogP contribution in [0, 0.1) is 0 Å². The molecule has 138 valence electrons. The molecule has 2 N–H and O–H groups in total. The van der Waals surface area contributed by atoms with Crippen LogP contribution in [0.1, 0.15) is 5.56 Å². The maximum absolute atomic E-state index is 11.2. The number of hydroxylamine groups is 1. The molecule has 0 heterocycles. The van der Waals surface area contributed by atoms with Crippen LogP contribution in [0.2, 0.25) is 5.02 Å². The van der Waals surface area contributed by atoms with Gasteiger partial charge >= 0.3 is 0 Å². The number of hydrogen-bond acceptors (Lipinski definition) is 5. The third-order valence-corrected chi connectivity index (χ3v) is 3.58. The van der Waals surface area contributed by atoms with E-state index in [2.05, 4.69) is 0 Å². The summed E-state index contributed by atoms with van der Waals surface area (Å²) in [5.41, 5.74) is 2.20. The number of carbonyl (C=O) groups is 1. The van der Waals surface area contributed by atoms with E-state index in [0.717, 1.165) is 6.54 Å². The zero-order valence-corrected chi connectivity index (χ0v) is 15.4. The van der Waals surface area contributed by atoms with Gasteiger partial charge in [0.1, 0.15) is 23.9 Å². The van der Waals surface area contributed by atoms with E-state index in [4.69, 9.17) is 26.3 Å². The first-order chi connectivity index (χ1) is 12.5. The number of amides is 1. The fourth-order valence-electron chi connectivity index (χ4n) is 2.04. The summed E-state index contributed by atoms with van der Waals surface area (Å²) in [6, 6.07) is 12.3. The Morgan fingerprint density at radius 1 is 1.23 bits per heavy atom. The van der Waals surface area contributed by atoms with Gasteiger partial charge in [0.2, 0.25) is 0 Å². The maximum atomic E-state index is 11.2. The van der Waals surface area contributed by atoms with Gasteiger partial charge in [0.15, 0.2) is 0 Å². The zero-order chi connectivity index (χ0) is 18.9. The normalized spacial score (nSPS) is 11.0. The largest absolute Gasteiger partial charge is 0.492 e. The van der Waals surface area contributed by atoms with Crippen LogP contribution < -0.4 is 15.0 Å². The van der Waals surface area contributed by atoms with Crippen molar-refractivity contribution in [2.24, 2.45) is 0 Å². The number of nitrogens with one attached hydrogen (secondary N) is 1. The van der Waals surface area contributed by atoms with Gasteiger partial charge in [0.05, 0.1) is 0 Å². The molecule has 0 fully saturated rings. The Labute approximate surface area is 157 Å². The van der Waals surface area contributed by atoms with Crippen molar-refractivity contribution in [2.75, 3.05) is 27.2 Å². The van der Waals surface area contributed by atoms with Gasteiger partial charge in [0, 0.05) is 29.3 Å². The van der Waals surface area contributed by atoms with Crippen molar-refractivity contribution in [2.45, 2.75) is 0 Å². The molecule has 2 aromatic rings. The molecule has 2 rings (SSSR count). The number of benzene rings is 2. The summed E-state index contributed by atoms with van der Waals surface area (Å²) in [4.78, 5) is 13.3. The van der Waals surface area contributed by atoms with Crippen LogP contribution >= 0.6 is 11.6 Å². The zero-order valence-electron chi connectivity index (χ0n) is 14.6. The fourth-order valence-corrected chi connectivity index (χ4v) is 2.22. The summed E-state index contributed by atoms with van der Waals surface area (Å²) >= 11 is 6.00. The van der Waals surface area contributed by atoms with Crippen LogP contribution in [-0.4, -0.2) is 43.3 Å². The van der Waals surface area contributed by atoms with Gasteiger partial charge in [0.25, 0.3) is 5.91 Å². The average Bonchev–Trinajstić information content (AvgIpc) is 2.60. The molecule has 0 aliphatic carbocycles. The quantitative estimate of drug-likeness (QED) is 0.418. The molecule has 6 nitrogen and oxygen atoms in total. The van der Waals surface area contributed by atoms with Gasteiger partial charge in [-0.25, -0.2) is 5.48 Å². The number of hydrogen-bond donors (Lipinski definition) is 2. The molecule has 0 aromatic heterocycles. The standard InChI is InChI=1S/C19H21ClN2O4/c1-22(2)10-11-25-16-8-6-14(7-9-19(23)21-24)18(13-16)26-17-5-3-4-15(20)12-17/h3-9,12-13,24H,10-11H2,1-2H3,(H,21,23)/b9-7+. The average molecular weight is 377 g/mol. The second kappa shape index (κ2) is 9.82. The number of nitrogens with zero attached hydrogens (tertiary/aromatic N) is 1. The number of carbonyl (C=O) groups excluding carboxylic acids is 1. The van der Waals surface area contributed by atoms with Crippen LogP contribution in [0.5, 0.6) is 17.2 Å². The molecule has 7 heteroatoms. The molecule has 0 unspecified atom stereocenters. The highest BCUT2D eigenvalue weighted by Crippen LogP contribution is 2.31. The Kier molecular flexibility index (Phi) is 7.47. The minimum absolute atomic E-state index is 0.497. The predicted molar refractivity (Wildman–Crippen MR) is 101 cm³/mol. The van der Waals surface area contributed by atoms with Gasteiger partial charge in [-0.2, -0.15) is 0 Å². The van der Waals surface area contributed by atoms with E-state index < -0.39 is 5.91 Å². The molecule has 0 bridgehead atoms. The fraction of sp³-hybridized carbons (Fsp3) is 0.211. The molecule has 26 heavy (non-hydrogen) atoms. The summed E-state index contributed by atoms with van der Waals surface area (Å²) in [5.74, 6) is 1.07. The third-order valence-electron chi connectivity index (χ3n) is 3.34.